The van der Waals surface area contributed by atoms with Gasteiger partial charge in [0.2, 0.25) is 0 Å². The van der Waals surface area contributed by atoms with E-state index in [-0.39, 0.29) is 5.91 Å². The van der Waals surface area contributed by atoms with E-state index in [9.17, 15) is 4.79 Å². The summed E-state index contributed by atoms with van der Waals surface area (Å²) in [7, 11) is 1.86. The van der Waals surface area contributed by atoms with Crippen LogP contribution in [0.5, 0.6) is 0 Å². The molecule has 7 heteroatoms. The number of amides is 1. The van der Waals surface area contributed by atoms with Crippen LogP contribution >= 0.6 is 11.6 Å². The van der Waals surface area contributed by atoms with Gasteiger partial charge in [-0.2, -0.15) is 0 Å². The first-order chi connectivity index (χ1) is 12.0. The maximum atomic E-state index is 12.5. The van der Waals surface area contributed by atoms with Gasteiger partial charge in [0, 0.05) is 29.5 Å². The number of halogens is 1. The van der Waals surface area contributed by atoms with Crippen LogP contribution in [-0.4, -0.2) is 27.9 Å². The molecule has 0 aliphatic rings. The number of hydrogen-bond acceptors (Lipinski definition) is 5. The van der Waals surface area contributed by atoms with Crippen molar-refractivity contribution in [3.8, 4) is 0 Å². The molecule has 1 aromatic carbocycles. The van der Waals surface area contributed by atoms with Gasteiger partial charge in [-0.3, -0.25) is 9.78 Å². The third-order valence-electron chi connectivity index (χ3n) is 3.60. The molecule has 0 spiro atoms. The molecule has 2 aromatic heterocycles. The molecule has 0 aliphatic carbocycles. The van der Waals surface area contributed by atoms with Crippen molar-refractivity contribution in [2.75, 3.05) is 17.3 Å². The molecule has 0 bridgehead atoms. The van der Waals surface area contributed by atoms with E-state index >= 15 is 0 Å². The summed E-state index contributed by atoms with van der Waals surface area (Å²) in [6, 6.07) is 7.01. The molecule has 0 atom stereocenters. The van der Waals surface area contributed by atoms with Crippen LogP contribution in [0.3, 0.4) is 0 Å². The number of aryl methyl sites for hydroxylation is 1. The predicted octanol–water partition coefficient (Wildman–Crippen LogP) is 3.85. The highest BCUT2D eigenvalue weighted by molar-refractivity contribution is 6.31. The zero-order chi connectivity index (χ0) is 17.8. The average Bonchev–Trinajstić information content (AvgIpc) is 2.61. The van der Waals surface area contributed by atoms with Crippen LogP contribution < -0.4 is 10.2 Å². The second kappa shape index (κ2) is 7.27. The van der Waals surface area contributed by atoms with E-state index < -0.39 is 0 Å². The predicted molar refractivity (Wildman–Crippen MR) is 98.5 cm³/mol. The Labute approximate surface area is 150 Å². The van der Waals surface area contributed by atoms with Crippen molar-refractivity contribution in [3.63, 3.8) is 0 Å². The number of nitrogens with one attached hydrogen (secondary N) is 1. The Bertz CT molecular complexity index is 901. The third-order valence-corrected chi connectivity index (χ3v) is 3.82. The Balaban J connectivity index is 1.87. The van der Waals surface area contributed by atoms with E-state index in [1.165, 1.54) is 6.33 Å². The Hall–Kier alpha value is -2.99. The summed E-state index contributed by atoms with van der Waals surface area (Å²) in [5.74, 6) is -0.256. The summed E-state index contributed by atoms with van der Waals surface area (Å²) < 4.78 is 0. The van der Waals surface area contributed by atoms with Crippen molar-refractivity contribution in [2.24, 2.45) is 0 Å². The number of pyridine rings is 1. The first-order valence-electron chi connectivity index (χ1n) is 7.55. The molecule has 1 amide bonds. The average molecular weight is 354 g/mol. The number of benzene rings is 1. The molecule has 126 valence electrons. The summed E-state index contributed by atoms with van der Waals surface area (Å²) in [5.41, 5.74) is 3.60. The lowest BCUT2D eigenvalue weighted by Gasteiger charge is -2.19. The van der Waals surface area contributed by atoms with Gasteiger partial charge in [-0.25, -0.2) is 9.97 Å². The minimum atomic E-state index is -0.256. The summed E-state index contributed by atoms with van der Waals surface area (Å²) in [6.45, 7) is 1.91. The fourth-order valence-corrected chi connectivity index (χ4v) is 2.57. The van der Waals surface area contributed by atoms with Gasteiger partial charge in [0.25, 0.3) is 5.91 Å². The summed E-state index contributed by atoms with van der Waals surface area (Å²) >= 11 is 6.20. The van der Waals surface area contributed by atoms with Crippen LogP contribution in [0, 0.1) is 6.92 Å². The number of rotatable bonds is 4. The number of aromatic nitrogens is 3. The highest BCUT2D eigenvalue weighted by Gasteiger charge is 2.12. The minimum Gasteiger partial charge on any atom is -0.342 e. The van der Waals surface area contributed by atoms with Crippen molar-refractivity contribution in [1.82, 2.24) is 15.0 Å². The molecule has 0 saturated carbocycles. The van der Waals surface area contributed by atoms with Crippen LogP contribution in [-0.2, 0) is 0 Å². The Morgan fingerprint density at radius 1 is 1.00 bits per heavy atom. The van der Waals surface area contributed by atoms with Crippen molar-refractivity contribution < 1.29 is 4.79 Å². The van der Waals surface area contributed by atoms with Gasteiger partial charge in [-0.15, -0.1) is 0 Å². The van der Waals surface area contributed by atoms with Crippen LogP contribution in [0.4, 0.5) is 17.1 Å². The number of anilines is 3. The van der Waals surface area contributed by atoms with Gasteiger partial charge in [-0.05, 0) is 36.8 Å². The molecule has 3 rings (SSSR count). The van der Waals surface area contributed by atoms with Gasteiger partial charge >= 0.3 is 0 Å². The molecule has 3 aromatic rings. The Morgan fingerprint density at radius 3 is 2.48 bits per heavy atom. The normalized spacial score (nSPS) is 10.4. The molecule has 6 nitrogen and oxygen atoms in total. The second-order valence-corrected chi connectivity index (χ2v) is 6.00. The first-order valence-corrected chi connectivity index (χ1v) is 7.93. The minimum absolute atomic E-state index is 0.256. The van der Waals surface area contributed by atoms with E-state index in [1.807, 2.05) is 24.9 Å². The van der Waals surface area contributed by atoms with E-state index in [0.29, 0.717) is 16.3 Å². The lowest BCUT2D eigenvalue weighted by molar-refractivity contribution is 0.102. The zero-order valence-electron chi connectivity index (χ0n) is 13.8. The van der Waals surface area contributed by atoms with Crippen molar-refractivity contribution >= 4 is 34.6 Å². The van der Waals surface area contributed by atoms with Crippen LogP contribution in [0.2, 0.25) is 5.02 Å². The third kappa shape index (κ3) is 4.10. The van der Waals surface area contributed by atoms with Crippen LogP contribution in [0.25, 0.3) is 0 Å². The molecule has 25 heavy (non-hydrogen) atoms. The number of carbonyl (C=O) groups excluding carboxylic acids is 1. The SMILES string of the molecule is Cc1cncc(NC(=O)c2cc(Cl)cc(N(C)c3cncnc3)c2)c1. The monoisotopic (exact) mass is 353 g/mol. The molecule has 1 N–H and O–H groups in total. The van der Waals surface area contributed by atoms with E-state index in [1.54, 1.807) is 43.0 Å². The second-order valence-electron chi connectivity index (χ2n) is 5.56. The fraction of sp³-hybridized carbons (Fsp3) is 0.111. The standard InChI is InChI=1S/C18H16ClN5O/c1-12-3-15(8-20-7-12)23-18(25)13-4-14(19)6-16(5-13)24(2)17-9-21-11-22-10-17/h3-11H,1-2H3,(H,23,25). The molecule has 0 fully saturated rings. The Kier molecular flexibility index (Phi) is 4.90. The quantitative estimate of drug-likeness (QED) is 0.771. The number of carbonyl (C=O) groups is 1. The topological polar surface area (TPSA) is 71.0 Å². The maximum Gasteiger partial charge on any atom is 0.255 e. The van der Waals surface area contributed by atoms with Crippen LogP contribution in [0.1, 0.15) is 15.9 Å². The highest BCUT2D eigenvalue weighted by Crippen LogP contribution is 2.27. The highest BCUT2D eigenvalue weighted by atomic mass is 35.5. The molecule has 0 saturated heterocycles. The van der Waals surface area contributed by atoms with Crippen molar-refractivity contribution in [2.45, 2.75) is 6.92 Å². The maximum absolute atomic E-state index is 12.5. The van der Waals surface area contributed by atoms with Gasteiger partial charge < -0.3 is 10.2 Å². The van der Waals surface area contributed by atoms with E-state index in [2.05, 4.69) is 20.3 Å². The number of hydrogen-bond donors (Lipinski definition) is 1. The summed E-state index contributed by atoms with van der Waals surface area (Å²) in [6.07, 6.45) is 8.16. The van der Waals surface area contributed by atoms with Crippen molar-refractivity contribution in [1.29, 1.82) is 0 Å². The van der Waals surface area contributed by atoms with E-state index in [4.69, 9.17) is 11.6 Å². The zero-order valence-corrected chi connectivity index (χ0v) is 14.5. The lowest BCUT2D eigenvalue weighted by atomic mass is 10.1. The summed E-state index contributed by atoms with van der Waals surface area (Å²) in [4.78, 5) is 26.5. The molecule has 0 unspecified atom stereocenters. The first kappa shape index (κ1) is 16.9. The fourth-order valence-electron chi connectivity index (χ4n) is 2.34. The molecular formula is C18H16ClN5O. The molecule has 0 aliphatic heterocycles. The van der Waals surface area contributed by atoms with Gasteiger partial charge in [0.05, 0.1) is 30.0 Å². The van der Waals surface area contributed by atoms with Crippen LogP contribution in [0.15, 0.2) is 55.4 Å². The number of nitrogens with zero attached hydrogens (tertiary/aromatic N) is 4. The van der Waals surface area contributed by atoms with Gasteiger partial charge in [-0.1, -0.05) is 11.6 Å². The molecule has 0 radical (unpaired) electrons. The molecular weight excluding hydrogens is 338 g/mol. The smallest absolute Gasteiger partial charge is 0.255 e. The summed E-state index contributed by atoms with van der Waals surface area (Å²) in [5, 5.41) is 3.30. The Morgan fingerprint density at radius 2 is 1.76 bits per heavy atom. The molecule has 2 heterocycles. The largest absolute Gasteiger partial charge is 0.342 e. The van der Waals surface area contributed by atoms with Gasteiger partial charge in [0.15, 0.2) is 0 Å². The van der Waals surface area contributed by atoms with E-state index in [0.717, 1.165) is 16.9 Å². The van der Waals surface area contributed by atoms with Crippen molar-refractivity contribution in [3.05, 3.63) is 71.5 Å². The van der Waals surface area contributed by atoms with Gasteiger partial charge in [0.1, 0.15) is 6.33 Å². The lowest BCUT2D eigenvalue weighted by Crippen LogP contribution is -2.15.